The Balaban J connectivity index is 3.08. The van der Waals surface area contributed by atoms with Crippen molar-refractivity contribution in [3.05, 3.63) is 0 Å². The van der Waals surface area contributed by atoms with Crippen LogP contribution in [0.4, 0.5) is 0 Å². The standard InChI is InChI=1S/C11H22O5S6/c12-1-3-18-7-14-11(13)5-20-9-22-10-21-8-19-4-2-15-16-6-17/h12,17H,1-10H2. The highest BCUT2D eigenvalue weighted by atomic mass is 32.2. The summed E-state index contributed by atoms with van der Waals surface area (Å²) in [7, 11) is 0. The minimum absolute atomic E-state index is 0.111. The van der Waals surface area contributed by atoms with Gasteiger partial charge in [0.1, 0.15) is 11.9 Å². The van der Waals surface area contributed by atoms with Crippen molar-refractivity contribution < 1.29 is 24.4 Å². The van der Waals surface area contributed by atoms with Gasteiger partial charge < -0.3 is 9.84 Å². The molecule has 0 aliphatic heterocycles. The molecule has 0 bridgehead atoms. The molecule has 22 heavy (non-hydrogen) atoms. The van der Waals surface area contributed by atoms with Gasteiger partial charge in [-0.2, -0.15) is 0 Å². The van der Waals surface area contributed by atoms with E-state index in [1.165, 1.54) is 11.8 Å². The summed E-state index contributed by atoms with van der Waals surface area (Å²) >= 11 is 12.3. The first-order valence-electron chi connectivity index (χ1n) is 6.31. The molecule has 0 fully saturated rings. The quantitative estimate of drug-likeness (QED) is 0.0906. The fraction of sp³-hybridized carbons (Fsp3) is 0.909. The number of thioether (sulfide) groups is 5. The molecule has 0 rings (SSSR count). The van der Waals surface area contributed by atoms with Gasteiger partial charge in [0, 0.05) is 26.8 Å². The molecule has 0 aliphatic rings. The number of hydrogen-bond acceptors (Lipinski definition) is 11. The van der Waals surface area contributed by atoms with Gasteiger partial charge in [0.2, 0.25) is 0 Å². The third-order valence-corrected chi connectivity index (χ3v) is 7.46. The highest BCUT2D eigenvalue weighted by Gasteiger charge is 2.02. The Kier molecular flexibility index (Phi) is 21.8. The van der Waals surface area contributed by atoms with Crippen LogP contribution < -0.4 is 0 Å². The number of rotatable bonds is 17. The summed E-state index contributed by atoms with van der Waals surface area (Å²) in [5.74, 6) is 2.29. The molecule has 0 heterocycles. The summed E-state index contributed by atoms with van der Waals surface area (Å²) < 4.78 is 4.99. The second kappa shape index (κ2) is 20.5. The molecule has 0 atom stereocenters. The average molecular weight is 427 g/mol. The SMILES string of the molecule is O=C(CSCSCSCSCCOOCS)OCSCCO. The van der Waals surface area contributed by atoms with E-state index in [-0.39, 0.29) is 18.5 Å². The summed E-state index contributed by atoms with van der Waals surface area (Å²) in [4.78, 5) is 20.8. The molecule has 0 radical (unpaired) electrons. The van der Waals surface area contributed by atoms with Crippen LogP contribution in [0.5, 0.6) is 0 Å². The van der Waals surface area contributed by atoms with Crippen LogP contribution in [0.2, 0.25) is 0 Å². The first-order valence-corrected chi connectivity index (χ1v) is 12.7. The van der Waals surface area contributed by atoms with Crippen LogP contribution in [0.25, 0.3) is 0 Å². The van der Waals surface area contributed by atoms with Crippen LogP contribution in [-0.2, 0) is 19.3 Å². The molecule has 0 aromatic rings. The number of thiol groups is 1. The number of esters is 1. The number of aliphatic hydroxyl groups excluding tert-OH is 1. The highest BCUT2D eigenvalue weighted by molar-refractivity contribution is 8.26. The van der Waals surface area contributed by atoms with Crippen LogP contribution in [-0.4, -0.2) is 68.7 Å². The highest BCUT2D eigenvalue weighted by Crippen LogP contribution is 2.21. The number of ether oxygens (including phenoxy) is 1. The third kappa shape index (κ3) is 19.5. The van der Waals surface area contributed by atoms with Gasteiger partial charge in [-0.05, 0) is 0 Å². The van der Waals surface area contributed by atoms with Crippen molar-refractivity contribution in [3.63, 3.8) is 0 Å². The Hall–Kier alpha value is 1.45. The predicted octanol–water partition coefficient (Wildman–Crippen LogP) is 2.85. The smallest absolute Gasteiger partial charge is 0.316 e. The lowest BCUT2D eigenvalue weighted by Crippen LogP contribution is -2.07. The fourth-order valence-electron chi connectivity index (χ4n) is 0.890. The average Bonchev–Trinajstić information content (AvgIpc) is 2.52. The van der Waals surface area contributed by atoms with E-state index in [1.807, 2.05) is 11.8 Å². The summed E-state index contributed by atoms with van der Waals surface area (Å²) in [5, 5.41) is 11.5. The summed E-state index contributed by atoms with van der Waals surface area (Å²) in [6.07, 6.45) is 0. The Labute approximate surface area is 158 Å². The minimum Gasteiger partial charge on any atom is -0.454 e. The van der Waals surface area contributed by atoms with Crippen molar-refractivity contribution >= 4 is 77.4 Å². The van der Waals surface area contributed by atoms with E-state index >= 15 is 0 Å². The third-order valence-electron chi connectivity index (χ3n) is 1.71. The fourth-order valence-corrected chi connectivity index (χ4v) is 5.85. The van der Waals surface area contributed by atoms with Crippen LogP contribution in [0.3, 0.4) is 0 Å². The van der Waals surface area contributed by atoms with E-state index in [1.54, 1.807) is 35.3 Å². The van der Waals surface area contributed by atoms with Gasteiger partial charge in [0.25, 0.3) is 0 Å². The first-order chi connectivity index (χ1) is 10.8. The molecule has 0 spiro atoms. The predicted molar refractivity (Wildman–Crippen MR) is 106 cm³/mol. The molecule has 0 aromatic heterocycles. The molecular weight excluding hydrogens is 405 g/mol. The van der Waals surface area contributed by atoms with Crippen molar-refractivity contribution in [2.45, 2.75) is 0 Å². The normalized spacial score (nSPS) is 10.8. The molecule has 132 valence electrons. The van der Waals surface area contributed by atoms with Crippen LogP contribution >= 0.6 is 71.4 Å². The van der Waals surface area contributed by atoms with Crippen molar-refractivity contribution in [2.24, 2.45) is 0 Å². The van der Waals surface area contributed by atoms with E-state index in [9.17, 15) is 4.79 Å². The number of carbonyl (C=O) groups excluding carboxylic acids is 1. The van der Waals surface area contributed by atoms with Gasteiger partial charge in [0.15, 0.2) is 0 Å². The van der Waals surface area contributed by atoms with Gasteiger partial charge in [-0.15, -0.1) is 71.4 Å². The van der Waals surface area contributed by atoms with Crippen LogP contribution in [0.1, 0.15) is 0 Å². The molecule has 1 N–H and O–H groups in total. The molecule has 5 nitrogen and oxygen atoms in total. The zero-order valence-corrected chi connectivity index (χ0v) is 17.1. The number of carbonyl (C=O) groups is 1. The maximum absolute atomic E-state index is 11.3. The first kappa shape index (κ1) is 23.4. The molecule has 0 aromatic carbocycles. The van der Waals surface area contributed by atoms with E-state index in [2.05, 4.69) is 17.5 Å². The summed E-state index contributed by atoms with van der Waals surface area (Å²) in [5.41, 5.74) is 0. The van der Waals surface area contributed by atoms with Gasteiger partial charge in [-0.25, -0.2) is 9.78 Å². The maximum Gasteiger partial charge on any atom is 0.316 e. The van der Waals surface area contributed by atoms with E-state index in [0.717, 1.165) is 21.0 Å². The Bertz CT molecular complexity index is 249. The zero-order chi connectivity index (χ0) is 16.3. The summed E-state index contributed by atoms with van der Waals surface area (Å²) in [6.45, 7) is 0.688. The van der Waals surface area contributed by atoms with Crippen molar-refractivity contribution in [2.75, 3.05) is 57.6 Å². The lowest BCUT2D eigenvalue weighted by molar-refractivity contribution is -0.273. The zero-order valence-electron chi connectivity index (χ0n) is 12.1. The minimum atomic E-state index is -0.192. The summed E-state index contributed by atoms with van der Waals surface area (Å²) in [6, 6.07) is 0. The maximum atomic E-state index is 11.3. The second-order valence-electron chi connectivity index (χ2n) is 3.35. The van der Waals surface area contributed by atoms with E-state index < -0.39 is 0 Å². The monoisotopic (exact) mass is 426 g/mol. The van der Waals surface area contributed by atoms with Gasteiger partial charge in [0.05, 0.1) is 19.0 Å². The van der Waals surface area contributed by atoms with Crippen molar-refractivity contribution in [1.29, 1.82) is 0 Å². The van der Waals surface area contributed by atoms with Crippen LogP contribution in [0, 0.1) is 0 Å². The number of aliphatic hydroxyl groups is 1. The van der Waals surface area contributed by atoms with E-state index in [4.69, 9.17) is 14.7 Å². The largest absolute Gasteiger partial charge is 0.454 e. The Morgan fingerprint density at radius 3 is 2.41 bits per heavy atom. The van der Waals surface area contributed by atoms with E-state index in [0.29, 0.717) is 24.1 Å². The van der Waals surface area contributed by atoms with Crippen molar-refractivity contribution in [3.8, 4) is 0 Å². The Morgan fingerprint density at radius 2 is 1.68 bits per heavy atom. The lowest BCUT2D eigenvalue weighted by atomic mass is 10.8. The molecule has 0 amide bonds. The molecule has 0 unspecified atom stereocenters. The Morgan fingerprint density at radius 1 is 0.955 bits per heavy atom. The van der Waals surface area contributed by atoms with Gasteiger partial charge in [-0.1, -0.05) is 0 Å². The van der Waals surface area contributed by atoms with Gasteiger partial charge >= 0.3 is 5.97 Å². The molecule has 0 saturated heterocycles. The lowest BCUT2D eigenvalue weighted by Gasteiger charge is -2.04. The molecule has 0 aliphatic carbocycles. The second-order valence-corrected chi connectivity index (χ2v) is 9.82. The number of hydrogen-bond donors (Lipinski definition) is 2. The molecule has 11 heteroatoms. The van der Waals surface area contributed by atoms with Crippen LogP contribution in [0.15, 0.2) is 0 Å². The van der Waals surface area contributed by atoms with Gasteiger partial charge in [-0.3, -0.25) is 4.79 Å². The van der Waals surface area contributed by atoms with Crippen molar-refractivity contribution in [1.82, 2.24) is 0 Å². The molecular formula is C11H22O5S6. The molecule has 0 saturated carbocycles. The topological polar surface area (TPSA) is 65.0 Å².